The molecule has 158 valence electrons. The van der Waals surface area contributed by atoms with Crippen LogP contribution in [-0.4, -0.2) is 22.9 Å². The number of nitrogens with zero attached hydrogens (tertiary/aromatic N) is 2. The molecule has 0 bridgehead atoms. The second-order valence-electron chi connectivity index (χ2n) is 7.48. The van der Waals surface area contributed by atoms with Crippen LogP contribution < -0.4 is 15.8 Å². The first-order valence-electron chi connectivity index (χ1n) is 10.1. The molecule has 0 atom stereocenters. The van der Waals surface area contributed by atoms with Gasteiger partial charge in [0.25, 0.3) is 11.5 Å². The Morgan fingerprint density at radius 1 is 1.00 bits per heavy atom. The monoisotopic (exact) mass is 435 g/mol. The van der Waals surface area contributed by atoms with E-state index >= 15 is 0 Å². The zero-order valence-corrected chi connectivity index (χ0v) is 17.6. The molecule has 7 heteroatoms. The Balaban J connectivity index is 1.43. The lowest BCUT2D eigenvalue weighted by Gasteiger charge is -2.20. The number of amides is 2. The van der Waals surface area contributed by atoms with Crippen LogP contribution in [0.1, 0.15) is 34.3 Å². The van der Waals surface area contributed by atoms with Crippen molar-refractivity contribution in [3.05, 3.63) is 98.9 Å². The van der Waals surface area contributed by atoms with Gasteiger partial charge in [0.2, 0.25) is 5.91 Å². The molecule has 2 heterocycles. The highest BCUT2D eigenvalue weighted by atomic mass is 35.5. The number of aromatic nitrogens is 1. The summed E-state index contributed by atoms with van der Waals surface area (Å²) in [5.74, 6) is -0.254. The predicted octanol–water partition coefficient (Wildman–Crippen LogP) is 3.61. The minimum absolute atomic E-state index is 0.00410. The van der Waals surface area contributed by atoms with Crippen LogP contribution in [0.15, 0.2) is 71.7 Å². The molecule has 1 fully saturated rings. The lowest BCUT2D eigenvalue weighted by molar-refractivity contribution is -0.117. The van der Waals surface area contributed by atoms with Crippen LogP contribution in [0.5, 0.6) is 0 Å². The summed E-state index contributed by atoms with van der Waals surface area (Å²) in [6, 6.07) is 17.8. The Morgan fingerprint density at radius 2 is 1.77 bits per heavy atom. The van der Waals surface area contributed by atoms with Crippen molar-refractivity contribution in [3.8, 4) is 0 Å². The normalized spacial score (nSPS) is 13.5. The first-order valence-corrected chi connectivity index (χ1v) is 10.5. The van der Waals surface area contributed by atoms with Crippen LogP contribution in [0, 0.1) is 0 Å². The van der Waals surface area contributed by atoms with Gasteiger partial charge in [0.15, 0.2) is 0 Å². The quantitative estimate of drug-likeness (QED) is 0.643. The van der Waals surface area contributed by atoms with E-state index in [0.717, 1.165) is 17.5 Å². The Hall–Kier alpha value is -3.38. The van der Waals surface area contributed by atoms with Gasteiger partial charge in [0.1, 0.15) is 0 Å². The third kappa shape index (κ3) is 4.86. The Kier molecular flexibility index (Phi) is 6.18. The largest absolute Gasteiger partial charge is 0.348 e. The maximum Gasteiger partial charge on any atom is 0.253 e. The summed E-state index contributed by atoms with van der Waals surface area (Å²) in [6.45, 7) is 1.43. The standard InChI is InChI=1S/C24H22ClN3O3/c25-19-10-11-20(21(14-19)28-13-3-5-23(28)30)24(31)26-15-17-6-8-18(9-7-17)16-27-12-2-1-4-22(27)29/h1-2,4,6-12,14H,3,5,13,15-16H2,(H,26,31). The molecule has 6 nitrogen and oxygen atoms in total. The van der Waals surface area contributed by atoms with Crippen LogP contribution in [0.2, 0.25) is 5.02 Å². The van der Waals surface area contributed by atoms with Crippen LogP contribution >= 0.6 is 11.6 Å². The molecule has 1 aromatic heterocycles. The van der Waals surface area contributed by atoms with Crippen LogP contribution in [0.25, 0.3) is 0 Å². The second-order valence-corrected chi connectivity index (χ2v) is 7.91. The van der Waals surface area contributed by atoms with Crippen molar-refractivity contribution < 1.29 is 9.59 Å². The van der Waals surface area contributed by atoms with Crippen molar-refractivity contribution in [2.45, 2.75) is 25.9 Å². The van der Waals surface area contributed by atoms with Gasteiger partial charge in [0, 0.05) is 36.8 Å². The number of nitrogens with one attached hydrogen (secondary N) is 1. The minimum Gasteiger partial charge on any atom is -0.348 e. The lowest BCUT2D eigenvalue weighted by atomic mass is 10.1. The molecule has 1 aliphatic heterocycles. The molecule has 0 spiro atoms. The number of hydrogen-bond donors (Lipinski definition) is 1. The zero-order valence-electron chi connectivity index (χ0n) is 16.9. The molecule has 0 saturated carbocycles. The summed E-state index contributed by atoms with van der Waals surface area (Å²) in [5.41, 5.74) is 2.87. The van der Waals surface area contributed by atoms with Crippen molar-refractivity contribution in [3.63, 3.8) is 0 Å². The van der Waals surface area contributed by atoms with Gasteiger partial charge in [-0.3, -0.25) is 14.4 Å². The molecular weight excluding hydrogens is 414 g/mol. The summed E-state index contributed by atoms with van der Waals surface area (Å²) in [4.78, 5) is 38.5. The highest BCUT2D eigenvalue weighted by molar-refractivity contribution is 6.31. The smallest absolute Gasteiger partial charge is 0.253 e. The van der Waals surface area contributed by atoms with Gasteiger partial charge in [-0.25, -0.2) is 0 Å². The molecule has 3 aromatic rings. The number of rotatable bonds is 6. The fraction of sp³-hybridized carbons (Fsp3) is 0.208. The summed E-state index contributed by atoms with van der Waals surface area (Å²) in [7, 11) is 0. The van der Waals surface area contributed by atoms with E-state index in [1.54, 1.807) is 39.9 Å². The topological polar surface area (TPSA) is 71.4 Å². The molecule has 1 aliphatic rings. The van der Waals surface area contributed by atoms with Gasteiger partial charge in [-0.15, -0.1) is 0 Å². The van der Waals surface area contributed by atoms with E-state index in [0.29, 0.717) is 42.3 Å². The maximum absolute atomic E-state index is 12.8. The van der Waals surface area contributed by atoms with Crippen molar-refractivity contribution >= 4 is 29.1 Å². The zero-order chi connectivity index (χ0) is 21.8. The Bertz CT molecular complexity index is 1170. The van der Waals surface area contributed by atoms with Crippen LogP contribution in [0.4, 0.5) is 5.69 Å². The number of hydrogen-bond acceptors (Lipinski definition) is 3. The number of benzene rings is 2. The molecule has 1 N–H and O–H groups in total. The molecule has 0 unspecified atom stereocenters. The molecule has 2 amide bonds. The number of carbonyl (C=O) groups is 2. The van der Waals surface area contributed by atoms with E-state index in [2.05, 4.69) is 5.32 Å². The highest BCUT2D eigenvalue weighted by Crippen LogP contribution is 2.28. The van der Waals surface area contributed by atoms with E-state index in [1.165, 1.54) is 6.07 Å². The van der Waals surface area contributed by atoms with E-state index in [1.807, 2.05) is 30.3 Å². The average molecular weight is 436 g/mol. The number of carbonyl (C=O) groups excluding carboxylic acids is 2. The summed E-state index contributed by atoms with van der Waals surface area (Å²) in [5, 5.41) is 3.40. The summed E-state index contributed by atoms with van der Waals surface area (Å²) < 4.78 is 1.64. The predicted molar refractivity (Wildman–Crippen MR) is 120 cm³/mol. The fourth-order valence-electron chi connectivity index (χ4n) is 3.65. The molecule has 0 radical (unpaired) electrons. The Labute approximate surface area is 185 Å². The molecule has 2 aromatic carbocycles. The molecular formula is C24H22ClN3O3. The van der Waals surface area contributed by atoms with E-state index < -0.39 is 0 Å². The molecule has 4 rings (SSSR count). The van der Waals surface area contributed by atoms with Crippen molar-refractivity contribution in [1.82, 2.24) is 9.88 Å². The van der Waals surface area contributed by atoms with E-state index in [9.17, 15) is 14.4 Å². The average Bonchev–Trinajstić information content (AvgIpc) is 3.20. The number of pyridine rings is 1. The minimum atomic E-state index is -0.258. The first-order chi connectivity index (χ1) is 15.0. The van der Waals surface area contributed by atoms with E-state index in [-0.39, 0.29) is 17.4 Å². The fourth-order valence-corrected chi connectivity index (χ4v) is 3.82. The van der Waals surface area contributed by atoms with Crippen LogP contribution in [-0.2, 0) is 17.9 Å². The highest BCUT2D eigenvalue weighted by Gasteiger charge is 2.26. The second kappa shape index (κ2) is 9.18. The first kappa shape index (κ1) is 20.9. The van der Waals surface area contributed by atoms with Crippen molar-refractivity contribution in [2.24, 2.45) is 0 Å². The Morgan fingerprint density at radius 3 is 2.48 bits per heavy atom. The lowest BCUT2D eigenvalue weighted by Crippen LogP contribution is -2.29. The van der Waals surface area contributed by atoms with Gasteiger partial charge in [-0.2, -0.15) is 0 Å². The SMILES string of the molecule is O=C(NCc1ccc(Cn2ccccc2=O)cc1)c1ccc(Cl)cc1N1CCCC1=O. The van der Waals surface area contributed by atoms with Crippen LogP contribution in [0.3, 0.4) is 0 Å². The number of halogens is 1. The van der Waals surface area contributed by atoms with Gasteiger partial charge < -0.3 is 14.8 Å². The van der Waals surface area contributed by atoms with Gasteiger partial charge in [-0.1, -0.05) is 41.9 Å². The maximum atomic E-state index is 12.8. The molecule has 1 saturated heterocycles. The van der Waals surface area contributed by atoms with Gasteiger partial charge in [0.05, 0.1) is 17.8 Å². The third-order valence-corrected chi connectivity index (χ3v) is 5.53. The van der Waals surface area contributed by atoms with Gasteiger partial charge in [-0.05, 0) is 41.8 Å². The summed E-state index contributed by atoms with van der Waals surface area (Å²) >= 11 is 6.11. The number of anilines is 1. The van der Waals surface area contributed by atoms with Gasteiger partial charge >= 0.3 is 0 Å². The molecule has 0 aliphatic carbocycles. The van der Waals surface area contributed by atoms with Crippen molar-refractivity contribution in [1.29, 1.82) is 0 Å². The third-order valence-electron chi connectivity index (χ3n) is 5.30. The van der Waals surface area contributed by atoms with E-state index in [4.69, 9.17) is 11.6 Å². The summed E-state index contributed by atoms with van der Waals surface area (Å²) in [6.07, 6.45) is 3.01. The molecule has 31 heavy (non-hydrogen) atoms. The van der Waals surface area contributed by atoms with Crippen molar-refractivity contribution in [2.75, 3.05) is 11.4 Å².